The zero-order valence-electron chi connectivity index (χ0n) is 11.1. The van der Waals surface area contributed by atoms with E-state index >= 15 is 0 Å². The lowest BCUT2D eigenvalue weighted by atomic mass is 10.2. The Labute approximate surface area is 110 Å². The van der Waals surface area contributed by atoms with Crippen molar-refractivity contribution in [3.63, 3.8) is 0 Å². The second-order valence-corrected chi connectivity index (χ2v) is 8.12. The van der Waals surface area contributed by atoms with E-state index in [1.807, 2.05) is 0 Å². The predicted octanol–water partition coefficient (Wildman–Crippen LogP) is 1.14. The van der Waals surface area contributed by atoms with E-state index in [9.17, 15) is 8.42 Å². The van der Waals surface area contributed by atoms with E-state index in [1.54, 1.807) is 11.8 Å². The van der Waals surface area contributed by atoms with Gasteiger partial charge < -0.3 is 0 Å². The second-order valence-electron chi connectivity index (χ2n) is 5.09. The zero-order valence-corrected chi connectivity index (χ0v) is 12.8. The molecule has 0 amide bonds. The number of nitrogens with one attached hydrogen (secondary N) is 1. The van der Waals surface area contributed by atoms with E-state index in [4.69, 9.17) is 0 Å². The minimum atomic E-state index is -3.06. The predicted molar refractivity (Wildman–Crippen MR) is 75.0 cm³/mol. The smallest absolute Gasteiger partial charge is 0.212 e. The fourth-order valence-corrected chi connectivity index (χ4v) is 4.98. The summed E-state index contributed by atoms with van der Waals surface area (Å²) < 4.78 is 26.1. The van der Waals surface area contributed by atoms with E-state index in [-0.39, 0.29) is 11.8 Å². The van der Waals surface area contributed by atoms with Crippen molar-refractivity contribution in [3.8, 4) is 0 Å². The Morgan fingerprint density at radius 3 is 2.41 bits per heavy atom. The van der Waals surface area contributed by atoms with Gasteiger partial charge in [0.1, 0.15) is 0 Å². The second kappa shape index (κ2) is 6.41. The molecule has 1 atom stereocenters. The van der Waals surface area contributed by atoms with Crippen LogP contribution in [0.15, 0.2) is 0 Å². The Bertz CT molecular complexity index is 320. The van der Waals surface area contributed by atoms with Crippen LogP contribution in [0.3, 0.4) is 0 Å². The van der Waals surface area contributed by atoms with Crippen molar-refractivity contribution in [2.75, 3.05) is 23.8 Å². The van der Waals surface area contributed by atoms with Crippen LogP contribution in [-0.4, -0.2) is 55.2 Å². The normalized spacial score (nSPS) is 25.5. The van der Waals surface area contributed by atoms with Crippen molar-refractivity contribution in [2.45, 2.75) is 45.8 Å². The van der Waals surface area contributed by atoms with E-state index in [0.717, 1.165) is 12.3 Å². The number of rotatable bonds is 4. The van der Waals surface area contributed by atoms with Gasteiger partial charge in [-0.15, -0.1) is 0 Å². The molecule has 0 aromatic heterocycles. The third-order valence-electron chi connectivity index (χ3n) is 2.92. The summed E-state index contributed by atoms with van der Waals surface area (Å²) in [5.41, 5.74) is 0. The van der Waals surface area contributed by atoms with Crippen LogP contribution in [0, 0.1) is 0 Å². The average Bonchev–Trinajstić information content (AvgIpc) is 2.34. The number of sulfonamides is 1. The van der Waals surface area contributed by atoms with Gasteiger partial charge in [-0.1, -0.05) is 0 Å². The van der Waals surface area contributed by atoms with E-state index in [2.05, 4.69) is 37.3 Å². The molecule has 0 bridgehead atoms. The van der Waals surface area contributed by atoms with Crippen LogP contribution >= 0.6 is 11.8 Å². The fraction of sp³-hybridized carbons (Fsp3) is 1.00. The molecule has 1 N–H and O–H groups in total. The Morgan fingerprint density at radius 2 is 1.88 bits per heavy atom. The van der Waals surface area contributed by atoms with E-state index in [1.165, 1.54) is 0 Å². The first-order chi connectivity index (χ1) is 7.82. The molecule has 6 heteroatoms. The van der Waals surface area contributed by atoms with Crippen LogP contribution in [0.1, 0.15) is 27.7 Å². The van der Waals surface area contributed by atoms with Crippen LogP contribution in [0.2, 0.25) is 0 Å². The first-order valence-corrected chi connectivity index (χ1v) is 8.96. The molecule has 1 fully saturated rings. The Kier molecular flexibility index (Phi) is 5.76. The molecule has 102 valence electrons. The lowest BCUT2D eigenvalue weighted by Crippen LogP contribution is -2.49. The zero-order chi connectivity index (χ0) is 13.1. The third-order valence-corrected chi connectivity index (χ3v) is 5.74. The van der Waals surface area contributed by atoms with Gasteiger partial charge in [-0.2, -0.15) is 11.8 Å². The summed E-state index contributed by atoms with van der Waals surface area (Å²) in [7, 11) is -3.06. The monoisotopic (exact) mass is 280 g/mol. The largest absolute Gasteiger partial charge is 0.297 e. The van der Waals surface area contributed by atoms with Crippen LogP contribution in [0.4, 0.5) is 0 Å². The lowest BCUT2D eigenvalue weighted by molar-refractivity contribution is 0.165. The summed E-state index contributed by atoms with van der Waals surface area (Å²) in [6, 6.07) is 0.915. The number of hydrogen-bond donors (Lipinski definition) is 1. The maximum atomic E-state index is 11.7. The molecule has 0 aromatic carbocycles. The highest BCUT2D eigenvalue weighted by atomic mass is 32.2. The third kappa shape index (κ3) is 5.16. The van der Waals surface area contributed by atoms with Gasteiger partial charge in [0.25, 0.3) is 0 Å². The molecule has 0 aliphatic carbocycles. The van der Waals surface area contributed by atoms with Crippen molar-refractivity contribution < 1.29 is 8.42 Å². The van der Waals surface area contributed by atoms with Gasteiger partial charge in [-0.05, 0) is 27.7 Å². The van der Waals surface area contributed by atoms with Gasteiger partial charge in [-0.25, -0.2) is 13.1 Å². The molecule has 1 heterocycles. The summed E-state index contributed by atoms with van der Waals surface area (Å²) in [4.78, 5) is 2.33. The van der Waals surface area contributed by atoms with Crippen molar-refractivity contribution in [3.05, 3.63) is 0 Å². The summed E-state index contributed by atoms with van der Waals surface area (Å²) in [6.45, 7) is 9.40. The molecule has 1 unspecified atom stereocenters. The van der Waals surface area contributed by atoms with E-state index < -0.39 is 10.0 Å². The molecule has 1 rings (SSSR count). The summed E-state index contributed by atoms with van der Waals surface area (Å²) in [5, 5.41) is 0. The molecule has 0 saturated carbocycles. The van der Waals surface area contributed by atoms with Gasteiger partial charge >= 0.3 is 0 Å². The highest BCUT2D eigenvalue weighted by Crippen LogP contribution is 2.14. The molecule has 0 spiro atoms. The molecular weight excluding hydrogens is 256 g/mol. The van der Waals surface area contributed by atoms with Crippen molar-refractivity contribution >= 4 is 21.8 Å². The Morgan fingerprint density at radius 1 is 1.29 bits per heavy atom. The van der Waals surface area contributed by atoms with Crippen molar-refractivity contribution in [1.82, 2.24) is 9.62 Å². The maximum absolute atomic E-state index is 11.7. The molecule has 1 aliphatic heterocycles. The minimum absolute atomic E-state index is 0.0392. The van der Waals surface area contributed by atoms with Crippen LogP contribution in [0.5, 0.6) is 0 Å². The summed E-state index contributed by atoms with van der Waals surface area (Å²) >= 11 is 1.72. The molecule has 4 nitrogen and oxygen atoms in total. The first-order valence-electron chi connectivity index (χ1n) is 6.15. The van der Waals surface area contributed by atoms with Gasteiger partial charge in [-0.3, -0.25) is 4.90 Å². The highest BCUT2D eigenvalue weighted by molar-refractivity contribution is 8.00. The standard InChI is InChI=1S/C11H24N2O2S2/c1-9(2)13(10(3)4)7-11-8-16-5-6-17(14,15)12-11/h9-12H,5-8H2,1-4H3. The molecule has 1 aliphatic rings. The lowest BCUT2D eigenvalue weighted by Gasteiger charge is -2.33. The quantitative estimate of drug-likeness (QED) is 0.839. The molecule has 0 aromatic rings. The van der Waals surface area contributed by atoms with Crippen molar-refractivity contribution in [1.29, 1.82) is 0 Å². The van der Waals surface area contributed by atoms with Crippen LogP contribution in [0.25, 0.3) is 0 Å². The van der Waals surface area contributed by atoms with E-state index in [0.29, 0.717) is 17.8 Å². The molecule has 0 radical (unpaired) electrons. The van der Waals surface area contributed by atoms with Gasteiger partial charge in [0.05, 0.1) is 5.75 Å². The fourth-order valence-electron chi connectivity index (χ4n) is 2.10. The maximum Gasteiger partial charge on any atom is 0.212 e. The summed E-state index contributed by atoms with van der Waals surface area (Å²) in [6.07, 6.45) is 0. The Hall–Kier alpha value is 0.220. The first kappa shape index (κ1) is 15.3. The number of hydrogen-bond acceptors (Lipinski definition) is 4. The summed E-state index contributed by atoms with van der Waals surface area (Å²) in [5.74, 6) is 1.82. The number of thioether (sulfide) groups is 1. The topological polar surface area (TPSA) is 49.4 Å². The average molecular weight is 280 g/mol. The molecule has 17 heavy (non-hydrogen) atoms. The van der Waals surface area contributed by atoms with Gasteiger partial charge in [0.2, 0.25) is 10.0 Å². The van der Waals surface area contributed by atoms with Crippen LogP contribution < -0.4 is 4.72 Å². The van der Waals surface area contributed by atoms with Crippen molar-refractivity contribution in [2.24, 2.45) is 0 Å². The van der Waals surface area contributed by atoms with Crippen LogP contribution in [-0.2, 0) is 10.0 Å². The highest BCUT2D eigenvalue weighted by Gasteiger charge is 2.25. The SMILES string of the molecule is CC(C)N(CC1CSCCS(=O)(=O)N1)C(C)C. The minimum Gasteiger partial charge on any atom is -0.297 e. The number of nitrogens with zero attached hydrogens (tertiary/aromatic N) is 1. The van der Waals surface area contributed by atoms with Gasteiger partial charge in [0.15, 0.2) is 0 Å². The van der Waals surface area contributed by atoms with Gasteiger partial charge in [0, 0.05) is 36.2 Å². The molecular formula is C11H24N2O2S2. The molecule has 1 saturated heterocycles. The Balaban J connectivity index is 2.65.